The Kier molecular flexibility index (Phi) is 1.98. The van der Waals surface area contributed by atoms with E-state index < -0.39 is 0 Å². The Morgan fingerprint density at radius 2 is 2.31 bits per heavy atom. The van der Waals surface area contributed by atoms with E-state index in [1.165, 1.54) is 5.56 Å². The number of rotatable bonds is 1. The second-order valence-electron chi connectivity index (χ2n) is 3.96. The van der Waals surface area contributed by atoms with Gasteiger partial charge in [0, 0.05) is 23.9 Å². The zero-order chi connectivity index (χ0) is 9.42. The summed E-state index contributed by atoms with van der Waals surface area (Å²) in [6, 6.07) is 0. The third-order valence-electron chi connectivity index (χ3n) is 2.79. The van der Waals surface area contributed by atoms with E-state index in [0.717, 1.165) is 30.5 Å². The molecule has 2 rings (SSSR count). The van der Waals surface area contributed by atoms with Crippen LogP contribution in [0.25, 0.3) is 0 Å². The molecule has 1 unspecified atom stereocenters. The lowest BCUT2D eigenvalue weighted by Gasteiger charge is -2.17. The Morgan fingerprint density at radius 3 is 3.00 bits per heavy atom. The molecule has 1 aliphatic carbocycles. The maximum atomic E-state index is 11.7. The summed E-state index contributed by atoms with van der Waals surface area (Å²) in [5.41, 5.74) is 3.33. The Hall–Kier alpha value is -1.05. The van der Waals surface area contributed by atoms with Crippen LogP contribution in [0.4, 0.5) is 0 Å². The third kappa shape index (κ3) is 1.30. The van der Waals surface area contributed by atoms with Crippen molar-refractivity contribution in [2.45, 2.75) is 33.1 Å². The number of fused-ring (bicyclic) bond motifs is 1. The van der Waals surface area contributed by atoms with Crippen LogP contribution in [0, 0.1) is 5.92 Å². The predicted molar refractivity (Wildman–Crippen MR) is 52.0 cm³/mol. The van der Waals surface area contributed by atoms with E-state index in [-0.39, 0.29) is 0 Å². The molecule has 0 radical (unpaired) electrons. The number of aromatic nitrogens is 1. The first-order valence-corrected chi connectivity index (χ1v) is 4.94. The largest absolute Gasteiger partial charge is 0.364 e. The zero-order valence-corrected chi connectivity index (χ0v) is 8.18. The minimum Gasteiger partial charge on any atom is -0.364 e. The summed E-state index contributed by atoms with van der Waals surface area (Å²) in [7, 11) is 0. The Labute approximate surface area is 78.4 Å². The van der Waals surface area contributed by atoms with Gasteiger partial charge < -0.3 is 4.98 Å². The summed E-state index contributed by atoms with van der Waals surface area (Å²) in [5.74, 6) is 0.829. The molecule has 0 saturated heterocycles. The molecule has 0 bridgehead atoms. The molecule has 13 heavy (non-hydrogen) atoms. The van der Waals surface area contributed by atoms with Crippen molar-refractivity contribution in [3.63, 3.8) is 0 Å². The number of hydrogen-bond donors (Lipinski definition) is 1. The van der Waals surface area contributed by atoms with E-state index in [1.807, 2.05) is 6.20 Å². The van der Waals surface area contributed by atoms with Gasteiger partial charge in [-0.15, -0.1) is 0 Å². The highest BCUT2D eigenvalue weighted by atomic mass is 16.1. The van der Waals surface area contributed by atoms with Crippen LogP contribution in [0.2, 0.25) is 0 Å². The first-order chi connectivity index (χ1) is 6.22. The monoisotopic (exact) mass is 177 g/mol. The van der Waals surface area contributed by atoms with Crippen LogP contribution in [-0.2, 0) is 12.8 Å². The predicted octanol–water partition coefficient (Wildman–Crippen LogP) is 2.34. The molecule has 0 saturated carbocycles. The number of ketones is 1. The maximum absolute atomic E-state index is 11.7. The fourth-order valence-corrected chi connectivity index (χ4v) is 2.14. The second kappa shape index (κ2) is 3.02. The molecule has 1 aromatic rings. The third-order valence-corrected chi connectivity index (χ3v) is 2.79. The average molecular weight is 177 g/mol. The fourth-order valence-electron chi connectivity index (χ4n) is 2.14. The summed E-state index contributed by atoms with van der Waals surface area (Å²) < 4.78 is 0. The molecular weight excluding hydrogens is 162 g/mol. The smallest absolute Gasteiger partial charge is 0.165 e. The molecule has 1 N–H and O–H groups in total. The molecule has 0 amide bonds. The molecule has 1 aliphatic rings. The number of Topliss-reactive ketones (excluding diaryl/α,β-unsaturated/α-hetero) is 1. The quantitative estimate of drug-likeness (QED) is 0.701. The lowest BCUT2D eigenvalue weighted by molar-refractivity contribution is 0.0952. The van der Waals surface area contributed by atoms with Gasteiger partial charge in [0.25, 0.3) is 0 Å². The Balaban J connectivity index is 2.46. The van der Waals surface area contributed by atoms with Crippen molar-refractivity contribution < 1.29 is 4.79 Å². The number of nitrogens with one attached hydrogen (secondary N) is 1. The molecule has 1 aromatic heterocycles. The van der Waals surface area contributed by atoms with Gasteiger partial charge in [0.15, 0.2) is 5.78 Å². The molecule has 70 valence electrons. The summed E-state index contributed by atoms with van der Waals surface area (Å²) in [4.78, 5) is 14.9. The zero-order valence-electron chi connectivity index (χ0n) is 8.18. The molecule has 2 nitrogen and oxygen atoms in total. The van der Waals surface area contributed by atoms with Gasteiger partial charge in [0.2, 0.25) is 0 Å². The highest BCUT2D eigenvalue weighted by Gasteiger charge is 2.25. The Morgan fingerprint density at radius 1 is 1.54 bits per heavy atom. The van der Waals surface area contributed by atoms with E-state index in [0.29, 0.717) is 11.7 Å². The van der Waals surface area contributed by atoms with Crippen LogP contribution in [0.5, 0.6) is 0 Å². The molecule has 0 spiro atoms. The first kappa shape index (κ1) is 8.54. The van der Waals surface area contributed by atoms with Crippen LogP contribution in [0.1, 0.15) is 41.9 Å². The van der Waals surface area contributed by atoms with Gasteiger partial charge in [0.05, 0.1) is 0 Å². The highest BCUT2D eigenvalue weighted by molar-refractivity contribution is 5.99. The molecule has 1 atom stereocenters. The lowest BCUT2D eigenvalue weighted by atomic mass is 9.86. The maximum Gasteiger partial charge on any atom is 0.165 e. The van der Waals surface area contributed by atoms with Crippen LogP contribution in [0.15, 0.2) is 6.20 Å². The van der Waals surface area contributed by atoms with Crippen molar-refractivity contribution in [1.29, 1.82) is 0 Å². The summed E-state index contributed by atoms with van der Waals surface area (Å²) in [6.45, 7) is 4.22. The van der Waals surface area contributed by atoms with Gasteiger partial charge in [-0.2, -0.15) is 0 Å². The number of carbonyl (C=O) groups is 1. The van der Waals surface area contributed by atoms with Crippen molar-refractivity contribution >= 4 is 5.78 Å². The number of aryl methyl sites for hydroxylation is 1. The number of carbonyl (C=O) groups excluding carboxylic acids is 1. The molecular formula is C11H15NO. The number of H-pyrrole nitrogens is 1. The van der Waals surface area contributed by atoms with E-state index in [4.69, 9.17) is 0 Å². The SMILES string of the molecule is CCc1c[nH]c2c1C(=O)CC(C)C2. The van der Waals surface area contributed by atoms with Gasteiger partial charge in [0.1, 0.15) is 0 Å². The second-order valence-corrected chi connectivity index (χ2v) is 3.96. The molecule has 0 fully saturated rings. The normalized spacial score (nSPS) is 21.7. The average Bonchev–Trinajstić information content (AvgIpc) is 2.47. The van der Waals surface area contributed by atoms with Crippen molar-refractivity contribution in [3.05, 3.63) is 23.0 Å². The van der Waals surface area contributed by atoms with E-state index in [2.05, 4.69) is 18.8 Å². The minimum atomic E-state index is 0.326. The summed E-state index contributed by atoms with van der Waals surface area (Å²) in [5, 5.41) is 0. The number of aromatic amines is 1. The van der Waals surface area contributed by atoms with Gasteiger partial charge >= 0.3 is 0 Å². The highest BCUT2D eigenvalue weighted by Crippen LogP contribution is 2.27. The lowest BCUT2D eigenvalue weighted by Crippen LogP contribution is -2.17. The van der Waals surface area contributed by atoms with Crippen LogP contribution >= 0.6 is 0 Å². The molecule has 0 aliphatic heterocycles. The topological polar surface area (TPSA) is 32.9 Å². The van der Waals surface area contributed by atoms with Crippen LogP contribution < -0.4 is 0 Å². The van der Waals surface area contributed by atoms with Crippen LogP contribution in [-0.4, -0.2) is 10.8 Å². The van der Waals surface area contributed by atoms with Crippen LogP contribution in [0.3, 0.4) is 0 Å². The van der Waals surface area contributed by atoms with Gasteiger partial charge in [-0.3, -0.25) is 4.79 Å². The number of hydrogen-bond acceptors (Lipinski definition) is 1. The first-order valence-electron chi connectivity index (χ1n) is 4.94. The van der Waals surface area contributed by atoms with Gasteiger partial charge in [-0.05, 0) is 24.3 Å². The minimum absolute atomic E-state index is 0.326. The molecule has 2 heteroatoms. The van der Waals surface area contributed by atoms with Crippen molar-refractivity contribution in [2.75, 3.05) is 0 Å². The van der Waals surface area contributed by atoms with Crippen molar-refractivity contribution in [2.24, 2.45) is 5.92 Å². The molecule has 0 aromatic carbocycles. The van der Waals surface area contributed by atoms with E-state index in [1.54, 1.807) is 0 Å². The van der Waals surface area contributed by atoms with Gasteiger partial charge in [-0.1, -0.05) is 13.8 Å². The molecule has 1 heterocycles. The van der Waals surface area contributed by atoms with E-state index >= 15 is 0 Å². The van der Waals surface area contributed by atoms with E-state index in [9.17, 15) is 4.79 Å². The van der Waals surface area contributed by atoms with Crippen molar-refractivity contribution in [3.8, 4) is 0 Å². The van der Waals surface area contributed by atoms with Gasteiger partial charge in [-0.25, -0.2) is 0 Å². The Bertz CT molecular complexity index is 338. The summed E-state index contributed by atoms with van der Waals surface area (Å²) in [6.07, 6.45) is 4.69. The summed E-state index contributed by atoms with van der Waals surface area (Å²) >= 11 is 0. The van der Waals surface area contributed by atoms with Crippen molar-refractivity contribution in [1.82, 2.24) is 4.98 Å². The standard InChI is InChI=1S/C11H15NO/c1-3-8-6-12-9-4-7(2)5-10(13)11(8)9/h6-7,12H,3-5H2,1-2H3. The fraction of sp³-hybridized carbons (Fsp3) is 0.545.